The zero-order valence-corrected chi connectivity index (χ0v) is 32.0. The molecule has 6 bridgehead atoms. The largest absolute Gasteiger partial charge is 0.464 e. The van der Waals surface area contributed by atoms with Crippen molar-refractivity contribution in [1.29, 1.82) is 0 Å². The molecule has 55 heavy (non-hydrogen) atoms. The molecule has 1 amide bonds. The molecule has 3 aliphatic heterocycles. The van der Waals surface area contributed by atoms with Gasteiger partial charge in [-0.15, -0.1) is 11.3 Å². The number of aromatic nitrogens is 3. The third-order valence-electron chi connectivity index (χ3n) is 10.4. The number of morpholine rings is 1. The topological polar surface area (TPSA) is 137 Å². The SMILES string of the molecule is CO[C@@H](C)c1ncc(N2CCOCC2)cc1-c1c2c3cc(c(F)cc3n1CC(F)(F)F)-c1csc(n1)C[C@H](N)C(=O)N1CCC[C@H](N1)C(=O)OCC(C)(C)C2. The second-order valence-corrected chi connectivity index (χ2v) is 16.1. The van der Waals surface area contributed by atoms with Crippen molar-refractivity contribution in [2.75, 3.05) is 51.5 Å². The Bertz CT molecular complexity index is 2080. The summed E-state index contributed by atoms with van der Waals surface area (Å²) in [4.78, 5) is 38.3. The smallest absolute Gasteiger partial charge is 0.406 e. The minimum atomic E-state index is -4.69. The summed E-state index contributed by atoms with van der Waals surface area (Å²) >= 11 is 1.20. The standard InChI is InChI=1S/C38H45F4N7O5S/c1-21(52-4)33-25(12-22(17-44-33)47-8-10-53-11-9-47)34-26-16-37(2,3)20-54-36(51)29-6-5-7-49(46-29)35(50)28(43)15-32-45-30(18-55-32)24-13-23(26)31(14-27(24)39)48(34)19-38(40,41)42/h12-14,17-18,21,28-29,46H,5-11,15-16,19-20,43H2,1-4H3/t21-,28-,29-/m0/s1. The first-order valence-electron chi connectivity index (χ1n) is 18.3. The molecular weight excluding hydrogens is 743 g/mol. The number of alkyl halides is 3. The van der Waals surface area contributed by atoms with E-state index in [1.807, 2.05) is 19.9 Å². The summed E-state index contributed by atoms with van der Waals surface area (Å²) in [5.74, 6) is -1.74. The van der Waals surface area contributed by atoms with E-state index >= 15 is 4.39 Å². The Labute approximate surface area is 319 Å². The van der Waals surface area contributed by atoms with Gasteiger partial charge in [-0.2, -0.15) is 13.2 Å². The molecule has 0 unspecified atom stereocenters. The number of fused-ring (bicyclic) bond motifs is 6. The Morgan fingerprint density at radius 1 is 1.15 bits per heavy atom. The Morgan fingerprint density at radius 3 is 2.64 bits per heavy atom. The number of amides is 1. The van der Waals surface area contributed by atoms with Crippen LogP contribution in [-0.4, -0.2) is 96.2 Å². The molecule has 3 aliphatic rings. The molecule has 7 rings (SSSR count). The Hall–Kier alpha value is -4.16. The van der Waals surface area contributed by atoms with Gasteiger partial charge in [0.1, 0.15) is 18.4 Å². The molecule has 4 aromatic rings. The molecular formula is C38H45F4N7O5S. The van der Waals surface area contributed by atoms with E-state index in [1.165, 1.54) is 23.5 Å². The van der Waals surface area contributed by atoms with Gasteiger partial charge in [0.05, 0.1) is 71.5 Å². The summed E-state index contributed by atoms with van der Waals surface area (Å²) in [6.07, 6.45) is -2.46. The summed E-state index contributed by atoms with van der Waals surface area (Å²) in [5.41, 5.74) is 11.1. The Kier molecular flexibility index (Phi) is 11.0. The van der Waals surface area contributed by atoms with Crippen molar-refractivity contribution in [1.82, 2.24) is 25.0 Å². The Balaban J connectivity index is 1.48. The molecule has 3 aromatic heterocycles. The lowest BCUT2D eigenvalue weighted by atomic mass is 9.84. The molecule has 296 valence electrons. The minimum absolute atomic E-state index is 0.0353. The molecule has 6 heterocycles. The highest BCUT2D eigenvalue weighted by Gasteiger charge is 2.37. The minimum Gasteiger partial charge on any atom is -0.464 e. The lowest BCUT2D eigenvalue weighted by Gasteiger charge is -2.34. The molecule has 0 saturated carbocycles. The van der Waals surface area contributed by atoms with Crippen molar-refractivity contribution in [3.05, 3.63) is 51.9 Å². The number of carbonyl (C=O) groups excluding carboxylic acids is 2. The van der Waals surface area contributed by atoms with Crippen molar-refractivity contribution < 1.29 is 41.4 Å². The van der Waals surface area contributed by atoms with Gasteiger partial charge in [0.25, 0.3) is 5.91 Å². The maximum absolute atomic E-state index is 16.3. The first-order chi connectivity index (χ1) is 26.1. The number of nitrogens with one attached hydrogen (secondary N) is 1. The zero-order chi connectivity index (χ0) is 39.2. The van der Waals surface area contributed by atoms with Crippen LogP contribution in [0.15, 0.2) is 29.8 Å². The molecule has 0 radical (unpaired) electrons. The van der Waals surface area contributed by atoms with Gasteiger partial charge in [0.2, 0.25) is 0 Å². The molecule has 0 aliphatic carbocycles. The average Bonchev–Trinajstić information content (AvgIpc) is 3.73. The van der Waals surface area contributed by atoms with Crippen LogP contribution in [0.25, 0.3) is 33.4 Å². The van der Waals surface area contributed by atoms with Crippen LogP contribution in [0.5, 0.6) is 0 Å². The number of benzene rings is 1. The number of anilines is 1. The fourth-order valence-electron chi connectivity index (χ4n) is 7.57. The van der Waals surface area contributed by atoms with Gasteiger partial charge in [-0.3, -0.25) is 19.6 Å². The van der Waals surface area contributed by atoms with Gasteiger partial charge in [-0.25, -0.2) is 14.8 Å². The number of hydrogen-bond acceptors (Lipinski definition) is 11. The first kappa shape index (κ1) is 39.1. The molecule has 12 nitrogen and oxygen atoms in total. The van der Waals surface area contributed by atoms with Crippen LogP contribution >= 0.6 is 11.3 Å². The second kappa shape index (κ2) is 15.4. The zero-order valence-electron chi connectivity index (χ0n) is 31.2. The van der Waals surface area contributed by atoms with Crippen LogP contribution in [0.4, 0.5) is 23.2 Å². The quantitative estimate of drug-likeness (QED) is 0.195. The molecule has 2 saturated heterocycles. The monoisotopic (exact) mass is 787 g/mol. The fraction of sp³-hybridized carbons (Fsp3) is 0.526. The van der Waals surface area contributed by atoms with Crippen LogP contribution < -0.4 is 16.1 Å². The fourth-order valence-corrected chi connectivity index (χ4v) is 8.42. The first-order valence-corrected chi connectivity index (χ1v) is 19.2. The number of pyridine rings is 1. The van der Waals surface area contributed by atoms with Crippen LogP contribution in [0.1, 0.15) is 56.0 Å². The normalized spacial score (nSPS) is 21.8. The lowest BCUT2D eigenvalue weighted by Crippen LogP contribution is -2.59. The van der Waals surface area contributed by atoms with E-state index < -0.39 is 54.0 Å². The number of esters is 1. The van der Waals surface area contributed by atoms with Crippen LogP contribution in [-0.2, 0) is 43.2 Å². The van der Waals surface area contributed by atoms with Gasteiger partial charge >= 0.3 is 12.1 Å². The van der Waals surface area contributed by atoms with E-state index in [2.05, 4.69) is 15.3 Å². The number of methoxy groups -OCH3 is 1. The number of cyclic esters (lactones) is 1. The molecule has 2 fully saturated rings. The molecule has 3 atom stereocenters. The highest BCUT2D eigenvalue weighted by atomic mass is 32.1. The number of halogens is 4. The van der Waals surface area contributed by atoms with Crippen molar-refractivity contribution in [2.24, 2.45) is 11.1 Å². The summed E-state index contributed by atoms with van der Waals surface area (Å²) < 4.78 is 78.7. The van der Waals surface area contributed by atoms with Crippen molar-refractivity contribution >= 4 is 39.8 Å². The third kappa shape index (κ3) is 8.21. The number of nitrogens with zero attached hydrogens (tertiary/aromatic N) is 5. The van der Waals surface area contributed by atoms with E-state index in [4.69, 9.17) is 24.9 Å². The molecule has 3 N–H and O–H groups in total. The van der Waals surface area contributed by atoms with E-state index in [0.29, 0.717) is 78.6 Å². The van der Waals surface area contributed by atoms with Gasteiger partial charge in [0.15, 0.2) is 0 Å². The molecule has 0 spiro atoms. The maximum atomic E-state index is 16.3. The number of rotatable bonds is 5. The lowest BCUT2D eigenvalue weighted by molar-refractivity contribution is -0.155. The summed E-state index contributed by atoms with van der Waals surface area (Å²) in [6.45, 7) is 6.42. The van der Waals surface area contributed by atoms with Crippen LogP contribution in [0, 0.1) is 11.2 Å². The number of thiazole rings is 1. The van der Waals surface area contributed by atoms with Gasteiger partial charge in [-0.05, 0) is 49.9 Å². The number of ether oxygens (including phenoxy) is 3. The highest BCUT2D eigenvalue weighted by molar-refractivity contribution is 7.10. The number of hydrazine groups is 1. The van der Waals surface area contributed by atoms with E-state index in [0.717, 1.165) is 10.6 Å². The summed E-state index contributed by atoms with van der Waals surface area (Å²) in [6, 6.07) is 2.70. The summed E-state index contributed by atoms with van der Waals surface area (Å²) in [7, 11) is 1.50. The second-order valence-electron chi connectivity index (χ2n) is 15.2. The number of carbonyl (C=O) groups is 2. The van der Waals surface area contributed by atoms with Crippen molar-refractivity contribution in [3.8, 4) is 22.5 Å². The highest BCUT2D eigenvalue weighted by Crippen LogP contribution is 2.44. The van der Waals surface area contributed by atoms with Crippen molar-refractivity contribution in [3.63, 3.8) is 0 Å². The average molecular weight is 788 g/mol. The summed E-state index contributed by atoms with van der Waals surface area (Å²) in [5, 5.41) is 3.86. The molecule has 17 heteroatoms. The predicted molar refractivity (Wildman–Crippen MR) is 199 cm³/mol. The van der Waals surface area contributed by atoms with Gasteiger partial charge in [0, 0.05) is 60.5 Å². The van der Waals surface area contributed by atoms with E-state index in [9.17, 15) is 22.8 Å². The van der Waals surface area contributed by atoms with Gasteiger partial charge < -0.3 is 29.4 Å². The number of hydrogen-bond donors (Lipinski definition) is 2. The predicted octanol–water partition coefficient (Wildman–Crippen LogP) is 5.56. The van der Waals surface area contributed by atoms with E-state index in [1.54, 1.807) is 24.6 Å². The van der Waals surface area contributed by atoms with Crippen molar-refractivity contribution in [2.45, 2.75) is 77.4 Å². The Morgan fingerprint density at radius 2 is 1.91 bits per heavy atom. The molecule has 1 aromatic carbocycles. The maximum Gasteiger partial charge on any atom is 0.406 e. The van der Waals surface area contributed by atoms with E-state index in [-0.39, 0.29) is 41.9 Å². The third-order valence-corrected chi connectivity index (χ3v) is 11.3. The number of nitrogens with two attached hydrogens (primary N) is 1. The van der Waals surface area contributed by atoms with Gasteiger partial charge in [-0.1, -0.05) is 13.8 Å². The van der Waals surface area contributed by atoms with Crippen LogP contribution in [0.3, 0.4) is 0 Å². The van der Waals surface area contributed by atoms with Crippen LogP contribution in [0.2, 0.25) is 0 Å².